The van der Waals surface area contributed by atoms with Crippen LogP contribution >= 0.6 is 0 Å². The molecule has 2 nitrogen and oxygen atoms in total. The van der Waals surface area contributed by atoms with Crippen molar-refractivity contribution in [2.24, 2.45) is 5.92 Å². The lowest BCUT2D eigenvalue weighted by molar-refractivity contribution is -0.131. The Balaban J connectivity index is 2.21. The second kappa shape index (κ2) is 5.84. The lowest BCUT2D eigenvalue weighted by Gasteiger charge is -2.21. The molecule has 0 saturated heterocycles. The van der Waals surface area contributed by atoms with Crippen molar-refractivity contribution < 1.29 is 9.90 Å². The number of carbonyl (C=O) groups is 1. The average Bonchev–Trinajstić information content (AvgIpc) is 2.15. The van der Waals surface area contributed by atoms with Crippen LogP contribution in [0.3, 0.4) is 0 Å². The van der Waals surface area contributed by atoms with Gasteiger partial charge in [0.25, 0.3) is 0 Å². The summed E-state index contributed by atoms with van der Waals surface area (Å²) < 4.78 is 0. The number of carboxylic acid groups (broad SMARTS) is 1. The van der Waals surface area contributed by atoms with Crippen LogP contribution in [0.5, 0.6) is 0 Å². The molecule has 2 heteroatoms. The van der Waals surface area contributed by atoms with Crippen LogP contribution in [-0.4, -0.2) is 11.1 Å². The van der Waals surface area contributed by atoms with Crippen LogP contribution < -0.4 is 0 Å². The second-order valence-electron chi connectivity index (χ2n) is 4.37. The first kappa shape index (κ1) is 11.3. The minimum Gasteiger partial charge on any atom is -0.478 e. The Hall–Kier alpha value is -0.790. The minimum absolute atomic E-state index is 0.814. The van der Waals surface area contributed by atoms with Gasteiger partial charge in [0.2, 0.25) is 0 Å². The summed E-state index contributed by atoms with van der Waals surface area (Å²) in [5, 5.41) is 8.54. The molecular weight excluding hydrogens is 176 g/mol. The van der Waals surface area contributed by atoms with E-state index in [1.807, 2.05) is 6.92 Å². The van der Waals surface area contributed by atoms with E-state index in [-0.39, 0.29) is 0 Å². The summed E-state index contributed by atoms with van der Waals surface area (Å²) in [4.78, 5) is 10.4. The van der Waals surface area contributed by atoms with Gasteiger partial charge in [-0.25, -0.2) is 4.79 Å². The van der Waals surface area contributed by atoms with Gasteiger partial charge in [0, 0.05) is 6.08 Å². The highest BCUT2D eigenvalue weighted by Crippen LogP contribution is 2.28. The zero-order valence-corrected chi connectivity index (χ0v) is 8.96. The van der Waals surface area contributed by atoms with Gasteiger partial charge in [-0.2, -0.15) is 0 Å². The van der Waals surface area contributed by atoms with E-state index < -0.39 is 5.97 Å². The van der Waals surface area contributed by atoms with Gasteiger partial charge >= 0.3 is 5.97 Å². The predicted octanol–water partition coefficient (Wildman–Crippen LogP) is 3.38. The smallest absolute Gasteiger partial charge is 0.328 e. The van der Waals surface area contributed by atoms with Crippen LogP contribution in [0, 0.1) is 5.92 Å². The maximum absolute atomic E-state index is 10.4. The molecule has 1 rings (SSSR count). The molecule has 0 aromatic rings. The third-order valence-electron chi connectivity index (χ3n) is 3.04. The molecule has 0 atom stereocenters. The first-order chi connectivity index (χ1) is 6.68. The number of aliphatic carboxylic acids is 1. The van der Waals surface area contributed by atoms with Gasteiger partial charge in [-0.3, -0.25) is 0 Å². The lowest BCUT2D eigenvalue weighted by Crippen LogP contribution is -2.06. The van der Waals surface area contributed by atoms with Crippen LogP contribution in [0.2, 0.25) is 0 Å². The molecule has 0 radical (unpaired) electrons. The van der Waals surface area contributed by atoms with E-state index in [0.717, 1.165) is 17.9 Å². The molecule has 0 aromatic carbocycles. The Bertz CT molecular complexity index is 212. The maximum atomic E-state index is 10.4. The Kier molecular flexibility index (Phi) is 4.71. The van der Waals surface area contributed by atoms with Gasteiger partial charge in [-0.05, 0) is 25.7 Å². The summed E-state index contributed by atoms with van der Waals surface area (Å²) in [6.07, 6.45) is 10.3. The van der Waals surface area contributed by atoms with Gasteiger partial charge in [0.1, 0.15) is 0 Å². The molecule has 0 bridgehead atoms. The molecule has 0 aromatic heterocycles. The van der Waals surface area contributed by atoms with E-state index in [1.165, 1.54) is 44.6 Å². The first-order valence-corrected chi connectivity index (χ1v) is 5.58. The van der Waals surface area contributed by atoms with Gasteiger partial charge < -0.3 is 5.11 Å². The highest BCUT2D eigenvalue weighted by molar-refractivity contribution is 5.80. The van der Waals surface area contributed by atoms with Crippen molar-refractivity contribution in [3.63, 3.8) is 0 Å². The third kappa shape index (κ3) is 4.45. The summed E-state index contributed by atoms with van der Waals surface area (Å²) in [6, 6.07) is 0. The molecule has 1 fully saturated rings. The summed E-state index contributed by atoms with van der Waals surface area (Å²) in [5.41, 5.74) is 1.00. The van der Waals surface area contributed by atoms with Crippen LogP contribution in [0.25, 0.3) is 0 Å². The lowest BCUT2D eigenvalue weighted by atomic mass is 9.85. The molecule has 0 heterocycles. The summed E-state index contributed by atoms with van der Waals surface area (Å²) in [5.74, 6) is 0.0343. The van der Waals surface area contributed by atoms with Gasteiger partial charge in [-0.15, -0.1) is 0 Å². The molecule has 0 amide bonds. The second-order valence-corrected chi connectivity index (χ2v) is 4.37. The average molecular weight is 196 g/mol. The topological polar surface area (TPSA) is 37.3 Å². The van der Waals surface area contributed by atoms with Gasteiger partial charge in [0.05, 0.1) is 0 Å². The minimum atomic E-state index is -0.814. The van der Waals surface area contributed by atoms with Crippen molar-refractivity contribution in [3.05, 3.63) is 11.6 Å². The molecule has 0 aliphatic heterocycles. The molecule has 14 heavy (non-hydrogen) atoms. The van der Waals surface area contributed by atoms with Crippen LogP contribution in [0.15, 0.2) is 11.6 Å². The van der Waals surface area contributed by atoms with Crippen LogP contribution in [0.4, 0.5) is 0 Å². The molecule has 0 unspecified atom stereocenters. The highest BCUT2D eigenvalue weighted by atomic mass is 16.4. The summed E-state index contributed by atoms with van der Waals surface area (Å²) in [6.45, 7) is 1.91. The van der Waals surface area contributed by atoms with Crippen molar-refractivity contribution in [2.75, 3.05) is 0 Å². The molecule has 1 aliphatic carbocycles. The van der Waals surface area contributed by atoms with E-state index in [0.29, 0.717) is 0 Å². The molecular formula is C12H20O2. The molecule has 1 saturated carbocycles. The third-order valence-corrected chi connectivity index (χ3v) is 3.04. The van der Waals surface area contributed by atoms with Crippen molar-refractivity contribution in [1.82, 2.24) is 0 Å². The largest absolute Gasteiger partial charge is 0.478 e. The van der Waals surface area contributed by atoms with E-state index in [2.05, 4.69) is 0 Å². The van der Waals surface area contributed by atoms with Crippen molar-refractivity contribution in [3.8, 4) is 0 Å². The monoisotopic (exact) mass is 196 g/mol. The zero-order chi connectivity index (χ0) is 10.4. The quantitative estimate of drug-likeness (QED) is 0.700. The first-order valence-electron chi connectivity index (χ1n) is 5.58. The molecule has 0 spiro atoms. The summed E-state index contributed by atoms with van der Waals surface area (Å²) in [7, 11) is 0. The fourth-order valence-electron chi connectivity index (χ4n) is 2.19. The zero-order valence-electron chi connectivity index (χ0n) is 8.96. The van der Waals surface area contributed by atoms with Crippen LogP contribution in [0.1, 0.15) is 51.9 Å². The number of rotatable bonds is 4. The fraction of sp³-hybridized carbons (Fsp3) is 0.750. The number of allylic oxidation sites excluding steroid dienone is 1. The van der Waals surface area contributed by atoms with E-state index in [4.69, 9.17) is 5.11 Å². The standard InChI is InChI=1S/C12H20O2/c1-10(9-12(13)14)7-8-11-5-3-2-4-6-11/h9,11H,2-8H2,1H3,(H,13,14). The van der Waals surface area contributed by atoms with E-state index in [9.17, 15) is 4.79 Å². The van der Waals surface area contributed by atoms with E-state index >= 15 is 0 Å². The van der Waals surface area contributed by atoms with Crippen LogP contribution in [-0.2, 0) is 4.79 Å². The SMILES string of the molecule is CC(=CC(=O)O)CCC1CCCCC1. The molecule has 1 aliphatic rings. The van der Waals surface area contributed by atoms with Crippen molar-refractivity contribution in [1.29, 1.82) is 0 Å². The van der Waals surface area contributed by atoms with Crippen molar-refractivity contribution in [2.45, 2.75) is 51.9 Å². The predicted molar refractivity (Wildman–Crippen MR) is 57.2 cm³/mol. The highest BCUT2D eigenvalue weighted by Gasteiger charge is 2.12. The Morgan fingerprint density at radius 1 is 1.36 bits per heavy atom. The maximum Gasteiger partial charge on any atom is 0.328 e. The Morgan fingerprint density at radius 2 is 2.00 bits per heavy atom. The number of hydrogen-bond acceptors (Lipinski definition) is 1. The van der Waals surface area contributed by atoms with Gasteiger partial charge in [0.15, 0.2) is 0 Å². The molecule has 80 valence electrons. The molecule has 1 N–H and O–H groups in total. The number of carboxylic acids is 1. The Morgan fingerprint density at radius 3 is 2.57 bits per heavy atom. The summed E-state index contributed by atoms with van der Waals surface area (Å²) >= 11 is 0. The number of hydrogen-bond donors (Lipinski definition) is 1. The fourth-order valence-corrected chi connectivity index (χ4v) is 2.19. The van der Waals surface area contributed by atoms with Gasteiger partial charge in [-0.1, -0.05) is 37.7 Å². The van der Waals surface area contributed by atoms with Crippen molar-refractivity contribution >= 4 is 5.97 Å². The normalized spacial score (nSPS) is 19.6. The van der Waals surface area contributed by atoms with E-state index in [1.54, 1.807) is 0 Å². The Labute approximate surface area is 86.0 Å².